The Balaban J connectivity index is 0.949. The first-order valence-electron chi connectivity index (χ1n) is 13.9. The molecule has 8 nitrogen and oxygen atoms in total. The Morgan fingerprint density at radius 2 is 1.90 bits per heavy atom. The highest BCUT2D eigenvalue weighted by Crippen LogP contribution is 2.83. The van der Waals surface area contributed by atoms with E-state index in [-0.39, 0.29) is 29.6 Å². The minimum Gasteiger partial charge on any atom is -0.377 e. The zero-order valence-corrected chi connectivity index (χ0v) is 22.7. The van der Waals surface area contributed by atoms with Crippen molar-refractivity contribution in [3.63, 3.8) is 0 Å². The molecule has 1 aromatic carbocycles. The number of alkyl halides is 2. The number of benzene rings is 1. The summed E-state index contributed by atoms with van der Waals surface area (Å²) in [6, 6.07) is 4.11. The summed E-state index contributed by atoms with van der Waals surface area (Å²) in [7, 11) is 0. The molecule has 0 spiro atoms. The molecule has 0 atom stereocenters. The van der Waals surface area contributed by atoms with Gasteiger partial charge in [-0.3, -0.25) is 14.5 Å². The van der Waals surface area contributed by atoms with E-state index >= 15 is 0 Å². The van der Waals surface area contributed by atoms with Gasteiger partial charge in [-0.15, -0.1) is 0 Å². The maximum Gasteiger partial charge on any atom is 0.272 e. The van der Waals surface area contributed by atoms with E-state index in [4.69, 9.17) is 21.3 Å². The number of hydrogen-bond acceptors (Lipinski definition) is 7. The number of nitrogens with zero attached hydrogens (tertiary/aromatic N) is 6. The molecule has 206 valence electrons. The Morgan fingerprint density at radius 1 is 1.13 bits per heavy atom. The Morgan fingerprint density at radius 3 is 2.59 bits per heavy atom. The summed E-state index contributed by atoms with van der Waals surface area (Å²) in [6.45, 7) is 6.53. The quantitative estimate of drug-likeness (QED) is 0.456. The molecule has 8 rings (SSSR count). The predicted octanol–water partition coefficient (Wildman–Crippen LogP) is 4.63. The fourth-order valence-corrected chi connectivity index (χ4v) is 7.62. The van der Waals surface area contributed by atoms with Crippen LogP contribution in [0.5, 0.6) is 0 Å². The van der Waals surface area contributed by atoms with Crippen molar-refractivity contribution in [2.24, 2.45) is 5.41 Å². The molecule has 2 aromatic heterocycles. The van der Waals surface area contributed by atoms with Crippen LogP contribution in [0.25, 0.3) is 10.9 Å². The summed E-state index contributed by atoms with van der Waals surface area (Å²) < 4.78 is 33.9. The van der Waals surface area contributed by atoms with Gasteiger partial charge in [-0.25, -0.2) is 18.7 Å². The number of rotatable bonds is 7. The van der Waals surface area contributed by atoms with Crippen LogP contribution in [-0.4, -0.2) is 86.9 Å². The van der Waals surface area contributed by atoms with Crippen molar-refractivity contribution in [2.75, 3.05) is 51.3 Å². The summed E-state index contributed by atoms with van der Waals surface area (Å²) in [5, 5.41) is 9.60. The molecule has 0 radical (unpaired) electrons. The maximum absolute atomic E-state index is 13.2. The van der Waals surface area contributed by atoms with E-state index in [9.17, 15) is 8.78 Å². The van der Waals surface area contributed by atoms with Crippen LogP contribution in [0.2, 0.25) is 5.02 Å². The van der Waals surface area contributed by atoms with E-state index in [0.717, 1.165) is 85.7 Å². The van der Waals surface area contributed by atoms with Gasteiger partial charge in [0.1, 0.15) is 0 Å². The number of fused-ring (bicyclic) bond motifs is 2. The SMILES string of the molecule is CC1(N2CCC(c3cc4nc(Nc5cnn(C67CC6(CN6CC(F)(F)C6)C7)c5)ncc4cc3Cl)CC2)COC1. The Kier molecular flexibility index (Phi) is 5.06. The average molecular weight is 556 g/mol. The molecule has 0 amide bonds. The Labute approximate surface area is 230 Å². The Bertz CT molecular complexity index is 1450. The van der Waals surface area contributed by atoms with Crippen molar-refractivity contribution in [1.82, 2.24) is 29.5 Å². The van der Waals surface area contributed by atoms with E-state index in [1.807, 2.05) is 21.8 Å². The van der Waals surface area contributed by atoms with Gasteiger partial charge in [-0.1, -0.05) is 11.6 Å². The zero-order chi connectivity index (χ0) is 26.6. The normalized spacial score (nSPS) is 31.4. The van der Waals surface area contributed by atoms with Crippen molar-refractivity contribution in [3.8, 4) is 0 Å². The van der Waals surface area contributed by atoms with Crippen molar-refractivity contribution in [1.29, 1.82) is 0 Å². The highest BCUT2D eigenvalue weighted by molar-refractivity contribution is 6.32. The van der Waals surface area contributed by atoms with E-state index in [1.165, 1.54) is 0 Å². The number of halogens is 3. The van der Waals surface area contributed by atoms with Crippen LogP contribution >= 0.6 is 11.6 Å². The average Bonchev–Trinajstić information content (AvgIpc) is 3.60. The first kappa shape index (κ1) is 24.4. The number of ether oxygens (including phenoxy) is 1. The van der Waals surface area contributed by atoms with Crippen LogP contribution in [0.4, 0.5) is 20.4 Å². The summed E-state index contributed by atoms with van der Waals surface area (Å²) >= 11 is 6.74. The lowest BCUT2D eigenvalue weighted by Gasteiger charge is -2.50. The van der Waals surface area contributed by atoms with E-state index in [0.29, 0.717) is 11.9 Å². The van der Waals surface area contributed by atoms with Gasteiger partial charge < -0.3 is 10.1 Å². The number of piperidine rings is 1. The number of aromatic nitrogens is 4. The fraction of sp³-hybridized carbons (Fsp3) is 0.607. The molecule has 2 aliphatic carbocycles. The largest absolute Gasteiger partial charge is 0.377 e. The summed E-state index contributed by atoms with van der Waals surface area (Å²) in [6.07, 6.45) is 9.73. The molecule has 0 bridgehead atoms. The third-order valence-corrected chi connectivity index (χ3v) is 10.3. The summed E-state index contributed by atoms with van der Waals surface area (Å²) in [5.74, 6) is -1.59. The van der Waals surface area contributed by atoms with Crippen LogP contribution < -0.4 is 5.32 Å². The van der Waals surface area contributed by atoms with Gasteiger partial charge in [0.15, 0.2) is 0 Å². The second-order valence-corrected chi connectivity index (χ2v) is 13.2. The van der Waals surface area contributed by atoms with Crippen LogP contribution in [0.3, 0.4) is 0 Å². The first-order valence-corrected chi connectivity index (χ1v) is 14.3. The minimum atomic E-state index is -2.51. The Hall–Kier alpha value is -2.40. The van der Waals surface area contributed by atoms with Gasteiger partial charge in [0.2, 0.25) is 5.95 Å². The monoisotopic (exact) mass is 555 g/mol. The maximum atomic E-state index is 13.2. The van der Waals surface area contributed by atoms with Gasteiger partial charge in [0, 0.05) is 34.8 Å². The smallest absolute Gasteiger partial charge is 0.272 e. The van der Waals surface area contributed by atoms with Crippen molar-refractivity contribution < 1.29 is 13.5 Å². The first-order chi connectivity index (χ1) is 18.7. The summed E-state index contributed by atoms with van der Waals surface area (Å²) in [4.78, 5) is 13.7. The third-order valence-electron chi connectivity index (χ3n) is 9.93. The lowest BCUT2D eigenvalue weighted by Crippen LogP contribution is -2.61. The molecule has 3 aliphatic heterocycles. The molecule has 5 heterocycles. The van der Waals surface area contributed by atoms with Crippen molar-refractivity contribution in [2.45, 2.75) is 55.5 Å². The van der Waals surface area contributed by atoms with E-state index in [2.05, 4.69) is 33.3 Å². The van der Waals surface area contributed by atoms with Crippen LogP contribution in [-0.2, 0) is 10.3 Å². The zero-order valence-electron chi connectivity index (χ0n) is 22.0. The highest BCUT2D eigenvalue weighted by Gasteiger charge is 2.85. The lowest BCUT2D eigenvalue weighted by atomic mass is 9.86. The van der Waals surface area contributed by atoms with Crippen molar-refractivity contribution >= 4 is 34.1 Å². The van der Waals surface area contributed by atoms with Crippen LogP contribution in [0.15, 0.2) is 30.7 Å². The molecule has 2 saturated carbocycles. The second kappa shape index (κ2) is 8.09. The van der Waals surface area contributed by atoms with Gasteiger partial charge in [0.25, 0.3) is 5.92 Å². The molecule has 11 heteroatoms. The molecule has 3 saturated heterocycles. The molecule has 0 unspecified atom stereocenters. The number of nitrogens with one attached hydrogen (secondary N) is 1. The second-order valence-electron chi connectivity index (χ2n) is 12.8. The van der Waals surface area contributed by atoms with Crippen molar-refractivity contribution in [3.05, 3.63) is 41.3 Å². The molecule has 1 N–H and O–H groups in total. The van der Waals surface area contributed by atoms with Gasteiger partial charge in [-0.05, 0) is 69.3 Å². The van der Waals surface area contributed by atoms with Crippen LogP contribution in [0, 0.1) is 5.41 Å². The third kappa shape index (κ3) is 3.89. The molecule has 5 fully saturated rings. The number of anilines is 2. The van der Waals surface area contributed by atoms with E-state index in [1.54, 1.807) is 12.4 Å². The topological polar surface area (TPSA) is 71.3 Å². The van der Waals surface area contributed by atoms with Crippen LogP contribution in [0.1, 0.15) is 44.1 Å². The molecular formula is C28H32ClF2N7O. The standard InChI is InChI=1S/C28H32ClF2N7O/c1-25(16-39-17-25)37-4-2-18(3-5-37)21-7-23-19(6-22(21)29)8-32-24(35-23)34-20-9-33-38(10-20)27-11-26(27,12-27)13-36-14-28(30,31)15-36/h6-10,18H,2-5,11-17H2,1H3,(H,32,34,35). The molecular weight excluding hydrogens is 524 g/mol. The fourth-order valence-electron chi connectivity index (χ4n) is 7.29. The minimum absolute atomic E-state index is 0.00759. The summed E-state index contributed by atoms with van der Waals surface area (Å²) in [5.41, 5.74) is 3.14. The van der Waals surface area contributed by atoms with Gasteiger partial charge in [0.05, 0.1) is 54.8 Å². The predicted molar refractivity (Wildman–Crippen MR) is 144 cm³/mol. The molecule has 5 aliphatic rings. The highest BCUT2D eigenvalue weighted by atomic mass is 35.5. The number of likely N-dealkylation sites (tertiary alicyclic amines) is 2. The molecule has 3 aromatic rings. The molecule has 39 heavy (non-hydrogen) atoms. The van der Waals surface area contributed by atoms with E-state index < -0.39 is 5.92 Å². The number of hydrogen-bond donors (Lipinski definition) is 1. The van der Waals surface area contributed by atoms with Gasteiger partial charge in [-0.2, -0.15) is 5.10 Å². The lowest BCUT2D eigenvalue weighted by molar-refractivity contribution is -0.136. The van der Waals surface area contributed by atoms with Gasteiger partial charge >= 0.3 is 0 Å².